The van der Waals surface area contributed by atoms with Crippen LogP contribution in [-0.2, 0) is 4.79 Å². The van der Waals surface area contributed by atoms with E-state index in [1.165, 1.54) is 0 Å². The minimum Gasteiger partial charge on any atom is -0.481 e. The third-order valence-electron chi connectivity index (χ3n) is 3.51. The second kappa shape index (κ2) is 6.88. The highest BCUT2D eigenvalue weighted by atomic mass is 16.4. The maximum atomic E-state index is 12.1. The Kier molecular flexibility index (Phi) is 4.93. The smallest absolute Gasteiger partial charge is 0.308 e. The van der Waals surface area contributed by atoms with Gasteiger partial charge in [-0.25, -0.2) is 0 Å². The van der Waals surface area contributed by atoms with Gasteiger partial charge in [0.05, 0.1) is 5.92 Å². The molecule has 0 bridgehead atoms. The summed E-state index contributed by atoms with van der Waals surface area (Å²) in [4.78, 5) is 23.2. The van der Waals surface area contributed by atoms with Gasteiger partial charge >= 0.3 is 5.97 Å². The van der Waals surface area contributed by atoms with Gasteiger partial charge in [-0.15, -0.1) is 0 Å². The molecule has 21 heavy (non-hydrogen) atoms. The number of nitrogens with one attached hydrogen (secondary N) is 1. The Morgan fingerprint density at radius 3 is 2.52 bits per heavy atom. The van der Waals surface area contributed by atoms with Crippen LogP contribution in [-0.4, -0.2) is 23.5 Å². The van der Waals surface area contributed by atoms with Crippen LogP contribution in [0.25, 0.3) is 10.8 Å². The van der Waals surface area contributed by atoms with Crippen molar-refractivity contribution >= 4 is 22.6 Å². The average molecular weight is 285 g/mol. The number of fused-ring (bicyclic) bond motifs is 1. The zero-order chi connectivity index (χ0) is 15.2. The summed E-state index contributed by atoms with van der Waals surface area (Å²) in [5.41, 5.74) is 0.550. The lowest BCUT2D eigenvalue weighted by Crippen LogP contribution is -2.32. The standard InChI is InChI=1S/C17H19NO3/c1-2-5-15(17(20)21)11-18-16(19)14-9-8-12-6-3-4-7-13(12)10-14/h3-4,6-10,15H,2,5,11H2,1H3,(H,18,19)(H,20,21). The molecule has 2 aromatic carbocycles. The maximum absolute atomic E-state index is 12.1. The molecule has 0 saturated heterocycles. The van der Waals surface area contributed by atoms with Gasteiger partial charge in [0.15, 0.2) is 0 Å². The molecule has 4 heteroatoms. The Labute approximate surface area is 123 Å². The fourth-order valence-electron chi connectivity index (χ4n) is 2.31. The molecule has 0 heterocycles. The molecule has 2 rings (SSSR count). The summed E-state index contributed by atoms with van der Waals surface area (Å²) in [6.45, 7) is 2.09. The largest absolute Gasteiger partial charge is 0.481 e. The minimum atomic E-state index is -0.865. The topological polar surface area (TPSA) is 66.4 Å². The highest BCUT2D eigenvalue weighted by molar-refractivity contribution is 5.98. The number of hydrogen-bond acceptors (Lipinski definition) is 2. The van der Waals surface area contributed by atoms with E-state index < -0.39 is 11.9 Å². The van der Waals surface area contributed by atoms with E-state index in [1.807, 2.05) is 43.3 Å². The van der Waals surface area contributed by atoms with Gasteiger partial charge in [0.25, 0.3) is 5.91 Å². The number of carbonyl (C=O) groups is 2. The Morgan fingerprint density at radius 2 is 1.86 bits per heavy atom. The predicted octanol–water partition coefficient (Wildman–Crippen LogP) is 3.07. The molecule has 1 amide bonds. The van der Waals surface area contributed by atoms with Crippen molar-refractivity contribution in [2.75, 3.05) is 6.54 Å². The zero-order valence-electron chi connectivity index (χ0n) is 12.0. The van der Waals surface area contributed by atoms with E-state index >= 15 is 0 Å². The van der Waals surface area contributed by atoms with Crippen molar-refractivity contribution in [2.24, 2.45) is 5.92 Å². The molecule has 1 unspecified atom stereocenters. The number of hydrogen-bond donors (Lipinski definition) is 2. The summed E-state index contributed by atoms with van der Waals surface area (Å²) in [6.07, 6.45) is 1.34. The molecular weight excluding hydrogens is 266 g/mol. The molecule has 0 saturated carbocycles. The number of benzene rings is 2. The SMILES string of the molecule is CCCC(CNC(=O)c1ccc2ccccc2c1)C(=O)O. The van der Waals surface area contributed by atoms with Crippen LogP contribution in [0.15, 0.2) is 42.5 Å². The number of carboxylic acids is 1. The monoisotopic (exact) mass is 285 g/mol. The van der Waals surface area contributed by atoms with E-state index in [2.05, 4.69) is 5.32 Å². The fourth-order valence-corrected chi connectivity index (χ4v) is 2.31. The van der Waals surface area contributed by atoms with E-state index in [0.717, 1.165) is 17.2 Å². The number of carbonyl (C=O) groups excluding carboxylic acids is 1. The van der Waals surface area contributed by atoms with Crippen LogP contribution < -0.4 is 5.32 Å². The van der Waals surface area contributed by atoms with Gasteiger partial charge in [0, 0.05) is 12.1 Å². The third kappa shape index (κ3) is 3.81. The second-order valence-corrected chi connectivity index (χ2v) is 5.10. The van der Waals surface area contributed by atoms with Crippen LogP contribution in [0.1, 0.15) is 30.1 Å². The van der Waals surface area contributed by atoms with Crippen LogP contribution in [0.3, 0.4) is 0 Å². The lowest BCUT2D eigenvalue weighted by Gasteiger charge is -2.12. The van der Waals surface area contributed by atoms with Gasteiger partial charge in [0.1, 0.15) is 0 Å². The van der Waals surface area contributed by atoms with Crippen molar-refractivity contribution in [2.45, 2.75) is 19.8 Å². The molecule has 0 fully saturated rings. The van der Waals surface area contributed by atoms with Gasteiger partial charge in [-0.2, -0.15) is 0 Å². The molecule has 0 aliphatic carbocycles. The van der Waals surface area contributed by atoms with E-state index in [-0.39, 0.29) is 12.5 Å². The van der Waals surface area contributed by atoms with Crippen molar-refractivity contribution in [1.82, 2.24) is 5.32 Å². The Hall–Kier alpha value is -2.36. The van der Waals surface area contributed by atoms with Crippen LogP contribution >= 0.6 is 0 Å². The summed E-state index contributed by atoms with van der Waals surface area (Å²) in [7, 11) is 0. The number of carboxylic acid groups (broad SMARTS) is 1. The first-order valence-electron chi connectivity index (χ1n) is 7.11. The van der Waals surface area contributed by atoms with E-state index in [0.29, 0.717) is 12.0 Å². The predicted molar refractivity (Wildman–Crippen MR) is 82.3 cm³/mol. The molecular formula is C17H19NO3. The first-order valence-corrected chi connectivity index (χ1v) is 7.11. The molecule has 0 aliphatic rings. The van der Waals surface area contributed by atoms with Crippen molar-refractivity contribution < 1.29 is 14.7 Å². The first-order chi connectivity index (χ1) is 10.1. The lowest BCUT2D eigenvalue weighted by molar-refractivity contribution is -0.141. The highest BCUT2D eigenvalue weighted by Crippen LogP contribution is 2.15. The normalized spacial score (nSPS) is 12.0. The van der Waals surface area contributed by atoms with Crippen LogP contribution in [0.2, 0.25) is 0 Å². The number of amides is 1. The van der Waals surface area contributed by atoms with E-state index in [9.17, 15) is 9.59 Å². The van der Waals surface area contributed by atoms with E-state index in [4.69, 9.17) is 5.11 Å². The van der Waals surface area contributed by atoms with Crippen molar-refractivity contribution in [1.29, 1.82) is 0 Å². The van der Waals surface area contributed by atoms with Gasteiger partial charge in [-0.05, 0) is 29.3 Å². The average Bonchev–Trinajstić information content (AvgIpc) is 2.50. The number of aliphatic carboxylic acids is 1. The van der Waals surface area contributed by atoms with Crippen LogP contribution in [0, 0.1) is 5.92 Å². The van der Waals surface area contributed by atoms with Crippen LogP contribution in [0.5, 0.6) is 0 Å². The summed E-state index contributed by atoms with van der Waals surface area (Å²) < 4.78 is 0. The summed E-state index contributed by atoms with van der Waals surface area (Å²) >= 11 is 0. The molecule has 2 N–H and O–H groups in total. The Bertz CT molecular complexity index is 651. The van der Waals surface area contributed by atoms with Crippen molar-refractivity contribution in [3.63, 3.8) is 0 Å². The molecule has 0 aliphatic heterocycles. The second-order valence-electron chi connectivity index (χ2n) is 5.10. The molecule has 0 aromatic heterocycles. The molecule has 2 aromatic rings. The summed E-state index contributed by atoms with van der Waals surface area (Å²) in [5.74, 6) is -1.63. The highest BCUT2D eigenvalue weighted by Gasteiger charge is 2.17. The first kappa shape index (κ1) is 15.0. The number of rotatable bonds is 6. The summed E-state index contributed by atoms with van der Waals surface area (Å²) in [5, 5.41) is 13.9. The quantitative estimate of drug-likeness (QED) is 0.857. The lowest BCUT2D eigenvalue weighted by atomic mass is 10.0. The van der Waals surface area contributed by atoms with E-state index in [1.54, 1.807) is 6.07 Å². The maximum Gasteiger partial charge on any atom is 0.308 e. The Morgan fingerprint density at radius 1 is 1.14 bits per heavy atom. The van der Waals surface area contributed by atoms with Gasteiger partial charge in [-0.1, -0.05) is 43.7 Å². The third-order valence-corrected chi connectivity index (χ3v) is 3.51. The van der Waals surface area contributed by atoms with Crippen molar-refractivity contribution in [3.8, 4) is 0 Å². The van der Waals surface area contributed by atoms with Gasteiger partial charge in [-0.3, -0.25) is 9.59 Å². The zero-order valence-corrected chi connectivity index (χ0v) is 12.0. The van der Waals surface area contributed by atoms with Gasteiger partial charge < -0.3 is 10.4 Å². The minimum absolute atomic E-state index is 0.162. The molecule has 0 radical (unpaired) electrons. The molecule has 1 atom stereocenters. The Balaban J connectivity index is 2.06. The van der Waals surface area contributed by atoms with Crippen LogP contribution in [0.4, 0.5) is 0 Å². The molecule has 0 spiro atoms. The van der Waals surface area contributed by atoms with Crippen molar-refractivity contribution in [3.05, 3.63) is 48.0 Å². The summed E-state index contributed by atoms with van der Waals surface area (Å²) in [6, 6.07) is 13.3. The molecule has 110 valence electrons. The fraction of sp³-hybridized carbons (Fsp3) is 0.294. The molecule has 4 nitrogen and oxygen atoms in total. The van der Waals surface area contributed by atoms with Gasteiger partial charge in [0.2, 0.25) is 0 Å².